The number of carbonyl (C=O) groups is 1. The monoisotopic (exact) mass is 205 g/mol. The Morgan fingerprint density at radius 1 is 1.47 bits per heavy atom. The molecule has 0 amide bonds. The van der Waals surface area contributed by atoms with Crippen LogP contribution in [0.25, 0.3) is 6.08 Å². The lowest BCUT2D eigenvalue weighted by Crippen LogP contribution is -2.29. The van der Waals surface area contributed by atoms with Gasteiger partial charge in [0.1, 0.15) is 0 Å². The second-order valence-corrected chi connectivity index (χ2v) is 3.40. The molecule has 1 aromatic carbocycles. The second kappa shape index (κ2) is 3.65. The van der Waals surface area contributed by atoms with E-state index in [-0.39, 0.29) is 0 Å². The highest BCUT2D eigenvalue weighted by Crippen LogP contribution is 2.25. The molecule has 0 saturated carbocycles. The predicted molar refractivity (Wildman–Crippen MR) is 55.0 cm³/mol. The number of fused-ring (bicyclic) bond motifs is 1. The fourth-order valence-corrected chi connectivity index (χ4v) is 1.35. The molecule has 0 aromatic heterocycles. The normalized spacial score (nSPS) is 15.4. The summed E-state index contributed by atoms with van der Waals surface area (Å²) in [5.41, 5.74) is 4.08. The molecule has 2 rings (SSSR count). The molecule has 4 nitrogen and oxygen atoms in total. The molecule has 1 aliphatic rings. The number of para-hydroxylation sites is 1. The summed E-state index contributed by atoms with van der Waals surface area (Å²) in [6.07, 6.45) is 1.79. The van der Waals surface area contributed by atoms with E-state index in [1.807, 2.05) is 24.3 Å². The van der Waals surface area contributed by atoms with Gasteiger partial charge in [-0.15, -0.1) is 0 Å². The van der Waals surface area contributed by atoms with E-state index in [0.717, 1.165) is 5.56 Å². The highest BCUT2D eigenvalue weighted by molar-refractivity contribution is 5.76. The lowest BCUT2D eigenvalue weighted by atomic mass is 10.0. The van der Waals surface area contributed by atoms with E-state index >= 15 is 0 Å². The van der Waals surface area contributed by atoms with Gasteiger partial charge < -0.3 is 9.94 Å². The van der Waals surface area contributed by atoms with Crippen molar-refractivity contribution >= 4 is 12.0 Å². The van der Waals surface area contributed by atoms with E-state index in [4.69, 9.17) is 9.94 Å². The molecular weight excluding hydrogens is 194 g/mol. The van der Waals surface area contributed by atoms with Crippen molar-refractivity contribution in [1.29, 1.82) is 0 Å². The zero-order valence-corrected chi connectivity index (χ0v) is 8.23. The average molecular weight is 205 g/mol. The summed E-state index contributed by atoms with van der Waals surface area (Å²) in [5, 5.41) is 8.85. The minimum Gasteiger partial charge on any atom is -0.481 e. The van der Waals surface area contributed by atoms with Crippen LogP contribution in [-0.4, -0.2) is 11.1 Å². The number of hydroxylamine groups is 1. The van der Waals surface area contributed by atoms with Gasteiger partial charge in [0.05, 0.1) is 11.6 Å². The number of carboxylic acid groups (broad SMARTS) is 1. The predicted octanol–water partition coefficient (Wildman–Crippen LogP) is 1.65. The van der Waals surface area contributed by atoms with Crippen molar-refractivity contribution < 1.29 is 14.7 Å². The molecule has 1 atom stereocenters. The minimum absolute atomic E-state index is 0.557. The summed E-state index contributed by atoms with van der Waals surface area (Å²) in [7, 11) is 0. The van der Waals surface area contributed by atoms with Crippen molar-refractivity contribution in [3.63, 3.8) is 0 Å². The molecule has 78 valence electrons. The summed E-state index contributed by atoms with van der Waals surface area (Å²) in [6.45, 7) is 1.61. The molecule has 1 aromatic rings. The van der Waals surface area contributed by atoms with E-state index in [2.05, 4.69) is 5.48 Å². The summed E-state index contributed by atoms with van der Waals surface area (Å²) in [6, 6.07) is 7.44. The molecule has 15 heavy (non-hydrogen) atoms. The van der Waals surface area contributed by atoms with E-state index in [1.54, 1.807) is 13.0 Å². The number of carboxylic acids is 1. The van der Waals surface area contributed by atoms with Crippen molar-refractivity contribution in [2.24, 2.45) is 5.92 Å². The first-order chi connectivity index (χ1) is 7.18. The van der Waals surface area contributed by atoms with Crippen molar-refractivity contribution in [2.75, 3.05) is 0 Å². The minimum atomic E-state index is -0.878. The smallest absolute Gasteiger partial charge is 0.312 e. The number of hydrogen-bond donors (Lipinski definition) is 2. The molecule has 2 N–H and O–H groups in total. The highest BCUT2D eigenvalue weighted by Gasteiger charge is 2.20. The molecule has 0 aliphatic carbocycles. The summed E-state index contributed by atoms with van der Waals surface area (Å²) in [4.78, 5) is 16.0. The Bertz CT molecular complexity index is 426. The fourth-order valence-electron chi connectivity index (χ4n) is 1.35. The Balaban J connectivity index is 2.33. The van der Waals surface area contributed by atoms with Crippen LogP contribution < -0.4 is 10.3 Å². The average Bonchev–Trinajstić information content (AvgIpc) is 2.27. The standard InChI is InChI=1S/C11H11NO3/c1-7(11(13)14)9-6-8-4-2-3-5-10(8)15-12-9/h2-7,12H,1H3,(H,13,14). The topological polar surface area (TPSA) is 58.6 Å². The SMILES string of the molecule is CC(C(=O)O)C1=Cc2ccccc2ON1. The van der Waals surface area contributed by atoms with E-state index in [1.165, 1.54) is 0 Å². The Morgan fingerprint density at radius 3 is 2.93 bits per heavy atom. The van der Waals surface area contributed by atoms with Gasteiger partial charge in [0, 0.05) is 5.56 Å². The van der Waals surface area contributed by atoms with Crippen molar-refractivity contribution in [2.45, 2.75) is 6.92 Å². The van der Waals surface area contributed by atoms with Crippen LogP contribution in [0, 0.1) is 5.92 Å². The Labute approximate surface area is 87.1 Å². The molecule has 4 heteroatoms. The number of hydrogen-bond acceptors (Lipinski definition) is 3. The van der Waals surface area contributed by atoms with Gasteiger partial charge in [-0.2, -0.15) is 0 Å². The Morgan fingerprint density at radius 2 is 2.20 bits per heavy atom. The van der Waals surface area contributed by atoms with Gasteiger partial charge >= 0.3 is 5.97 Å². The third kappa shape index (κ3) is 1.79. The second-order valence-electron chi connectivity index (χ2n) is 3.40. The maximum atomic E-state index is 10.8. The van der Waals surface area contributed by atoms with Crippen molar-refractivity contribution in [3.8, 4) is 5.75 Å². The molecule has 0 bridgehead atoms. The maximum absolute atomic E-state index is 10.8. The number of rotatable bonds is 2. The van der Waals surface area contributed by atoms with E-state index in [0.29, 0.717) is 11.4 Å². The van der Waals surface area contributed by atoms with Crippen LogP contribution in [0.4, 0.5) is 0 Å². The van der Waals surface area contributed by atoms with Crippen molar-refractivity contribution in [3.05, 3.63) is 35.5 Å². The number of nitrogens with one attached hydrogen (secondary N) is 1. The molecule has 0 saturated heterocycles. The first-order valence-electron chi connectivity index (χ1n) is 4.65. The largest absolute Gasteiger partial charge is 0.481 e. The van der Waals surface area contributed by atoms with Crippen molar-refractivity contribution in [1.82, 2.24) is 5.48 Å². The molecular formula is C11H11NO3. The zero-order chi connectivity index (χ0) is 10.8. The van der Waals surface area contributed by atoms with Crippen LogP contribution in [0.15, 0.2) is 30.0 Å². The van der Waals surface area contributed by atoms with Crippen LogP contribution in [-0.2, 0) is 4.79 Å². The summed E-state index contributed by atoms with van der Waals surface area (Å²) in [5.74, 6) is -0.770. The van der Waals surface area contributed by atoms with E-state index in [9.17, 15) is 4.79 Å². The van der Waals surface area contributed by atoms with Gasteiger partial charge in [0.2, 0.25) is 0 Å². The maximum Gasteiger partial charge on any atom is 0.312 e. The van der Waals surface area contributed by atoms with Gasteiger partial charge in [0.15, 0.2) is 5.75 Å². The van der Waals surface area contributed by atoms with E-state index < -0.39 is 11.9 Å². The summed E-state index contributed by atoms with van der Waals surface area (Å²) < 4.78 is 0. The molecule has 0 fully saturated rings. The van der Waals surface area contributed by atoms with Crippen LogP contribution >= 0.6 is 0 Å². The van der Waals surface area contributed by atoms with Crippen LogP contribution in [0.1, 0.15) is 12.5 Å². The lowest BCUT2D eigenvalue weighted by molar-refractivity contribution is -0.140. The third-order valence-corrected chi connectivity index (χ3v) is 2.35. The van der Waals surface area contributed by atoms with Crippen LogP contribution in [0.3, 0.4) is 0 Å². The number of benzene rings is 1. The van der Waals surface area contributed by atoms with Crippen LogP contribution in [0.2, 0.25) is 0 Å². The molecule has 0 spiro atoms. The van der Waals surface area contributed by atoms with Gasteiger partial charge in [-0.3, -0.25) is 4.79 Å². The lowest BCUT2D eigenvalue weighted by Gasteiger charge is -2.20. The van der Waals surface area contributed by atoms with Gasteiger partial charge in [0.25, 0.3) is 0 Å². The number of aliphatic carboxylic acids is 1. The van der Waals surface area contributed by atoms with Gasteiger partial charge in [-0.1, -0.05) is 18.2 Å². The fraction of sp³-hybridized carbons (Fsp3) is 0.182. The van der Waals surface area contributed by atoms with Crippen LogP contribution in [0.5, 0.6) is 5.75 Å². The zero-order valence-electron chi connectivity index (χ0n) is 8.23. The van der Waals surface area contributed by atoms with Gasteiger partial charge in [-0.25, -0.2) is 5.48 Å². The van der Waals surface area contributed by atoms with Gasteiger partial charge in [-0.05, 0) is 19.1 Å². The third-order valence-electron chi connectivity index (χ3n) is 2.35. The quantitative estimate of drug-likeness (QED) is 0.770. The highest BCUT2D eigenvalue weighted by atomic mass is 16.6. The molecule has 1 heterocycles. The first-order valence-corrected chi connectivity index (χ1v) is 4.65. The first kappa shape index (κ1) is 9.58. The molecule has 0 radical (unpaired) electrons. The summed E-state index contributed by atoms with van der Waals surface area (Å²) >= 11 is 0. The Hall–Kier alpha value is -1.97. The Kier molecular flexibility index (Phi) is 2.33. The molecule has 1 aliphatic heterocycles. The molecule has 1 unspecified atom stereocenters.